The molecule has 1 aromatic heterocycles. The molecule has 114 valence electrons. The molecule has 0 fully saturated rings. The number of rotatable bonds is 4. The van der Waals surface area contributed by atoms with Gasteiger partial charge in [-0.15, -0.1) is 0 Å². The van der Waals surface area contributed by atoms with Crippen molar-refractivity contribution in [3.8, 4) is 0 Å². The predicted molar refractivity (Wildman–Crippen MR) is 67.9 cm³/mol. The summed E-state index contributed by atoms with van der Waals surface area (Å²) in [6, 6.07) is 3.83. The van der Waals surface area contributed by atoms with Crippen LogP contribution in [0, 0.1) is 5.82 Å². The zero-order valence-corrected chi connectivity index (χ0v) is 11.2. The highest BCUT2D eigenvalue weighted by atomic mass is 19.4. The number of aliphatic hydroxyl groups is 1. The molecule has 0 amide bonds. The minimum absolute atomic E-state index is 0.0477. The summed E-state index contributed by atoms with van der Waals surface area (Å²) in [5, 5.41) is 13.9. The van der Waals surface area contributed by atoms with Gasteiger partial charge in [0.05, 0.1) is 11.7 Å². The minimum Gasteiger partial charge on any atom is -0.388 e. The van der Waals surface area contributed by atoms with Gasteiger partial charge < -0.3 is 5.11 Å². The van der Waals surface area contributed by atoms with Gasteiger partial charge in [-0.05, 0) is 42.7 Å². The van der Waals surface area contributed by atoms with Gasteiger partial charge in [-0.2, -0.15) is 18.3 Å². The van der Waals surface area contributed by atoms with Gasteiger partial charge in [-0.1, -0.05) is 0 Å². The summed E-state index contributed by atoms with van der Waals surface area (Å²) >= 11 is 0. The van der Waals surface area contributed by atoms with Gasteiger partial charge >= 0.3 is 6.18 Å². The smallest absolute Gasteiger partial charge is 0.388 e. The Bertz CT molecular complexity index is 622. The second kappa shape index (κ2) is 5.85. The molecule has 0 aliphatic rings. The van der Waals surface area contributed by atoms with Crippen molar-refractivity contribution in [1.29, 1.82) is 0 Å². The highest BCUT2D eigenvalue weighted by Gasteiger charge is 2.35. The summed E-state index contributed by atoms with van der Waals surface area (Å²) in [6.45, 7) is 0. The summed E-state index contributed by atoms with van der Waals surface area (Å²) in [5.74, 6) is -0.808. The number of aliphatic hydroxyl groups excluding tert-OH is 1. The van der Waals surface area contributed by atoms with E-state index in [9.17, 15) is 22.7 Å². The first-order valence-electron chi connectivity index (χ1n) is 6.30. The number of aromatic nitrogens is 2. The normalized spacial score (nSPS) is 13.4. The topological polar surface area (TPSA) is 38.0 Å². The van der Waals surface area contributed by atoms with Crippen molar-refractivity contribution in [2.75, 3.05) is 0 Å². The average molecular weight is 302 g/mol. The predicted octanol–water partition coefficient (Wildman–Crippen LogP) is 3.24. The van der Waals surface area contributed by atoms with Crippen LogP contribution >= 0.6 is 0 Å². The van der Waals surface area contributed by atoms with Crippen molar-refractivity contribution in [3.05, 3.63) is 53.1 Å². The second-order valence-electron chi connectivity index (χ2n) is 4.73. The Labute approximate surface area is 118 Å². The van der Waals surface area contributed by atoms with Crippen LogP contribution in [-0.4, -0.2) is 14.9 Å². The van der Waals surface area contributed by atoms with Gasteiger partial charge in [0, 0.05) is 18.9 Å². The number of benzene rings is 1. The molecule has 1 atom stereocenters. The molecule has 1 aromatic carbocycles. The molecule has 0 aliphatic heterocycles. The lowest BCUT2D eigenvalue weighted by molar-refractivity contribution is -0.139. The summed E-state index contributed by atoms with van der Waals surface area (Å²) < 4.78 is 53.4. The first-order valence-corrected chi connectivity index (χ1v) is 6.30. The van der Waals surface area contributed by atoms with Crippen molar-refractivity contribution < 1.29 is 22.7 Å². The molecular weight excluding hydrogens is 288 g/mol. The van der Waals surface area contributed by atoms with Crippen LogP contribution < -0.4 is 0 Å². The SMILES string of the molecule is Cn1nccc1CCC(O)c1cc(F)ccc1C(F)(F)F. The number of alkyl halides is 3. The molecule has 0 aliphatic carbocycles. The Kier molecular flexibility index (Phi) is 4.32. The molecule has 0 spiro atoms. The van der Waals surface area contributed by atoms with E-state index in [1.165, 1.54) is 0 Å². The first-order chi connectivity index (χ1) is 9.79. The van der Waals surface area contributed by atoms with E-state index in [4.69, 9.17) is 0 Å². The third kappa shape index (κ3) is 3.60. The van der Waals surface area contributed by atoms with Crippen molar-refractivity contribution >= 4 is 0 Å². The number of hydrogen-bond donors (Lipinski definition) is 1. The molecule has 2 rings (SSSR count). The average Bonchev–Trinajstić information content (AvgIpc) is 2.80. The highest BCUT2D eigenvalue weighted by Crippen LogP contribution is 2.36. The van der Waals surface area contributed by atoms with Gasteiger partial charge in [-0.25, -0.2) is 4.39 Å². The third-order valence-corrected chi connectivity index (χ3v) is 3.27. The van der Waals surface area contributed by atoms with Crippen LogP contribution in [-0.2, 0) is 19.6 Å². The number of nitrogens with zero attached hydrogens (tertiary/aromatic N) is 2. The van der Waals surface area contributed by atoms with E-state index in [0.717, 1.165) is 17.8 Å². The Balaban J connectivity index is 2.20. The van der Waals surface area contributed by atoms with E-state index in [0.29, 0.717) is 12.5 Å². The first kappa shape index (κ1) is 15.5. The summed E-state index contributed by atoms with van der Waals surface area (Å²) in [7, 11) is 1.70. The van der Waals surface area contributed by atoms with Crippen molar-refractivity contribution in [3.63, 3.8) is 0 Å². The number of halogens is 4. The quantitative estimate of drug-likeness (QED) is 0.881. The molecule has 0 saturated carbocycles. The fraction of sp³-hybridized carbons (Fsp3) is 0.357. The Morgan fingerprint density at radius 3 is 2.57 bits per heavy atom. The van der Waals surface area contributed by atoms with Crippen molar-refractivity contribution in [1.82, 2.24) is 9.78 Å². The highest BCUT2D eigenvalue weighted by molar-refractivity contribution is 5.32. The van der Waals surface area contributed by atoms with Gasteiger partial charge in [0.1, 0.15) is 5.82 Å². The standard InChI is InChI=1S/C14H14F4N2O/c1-20-10(6-7-19-20)3-5-13(21)11-8-9(15)2-4-12(11)14(16,17)18/h2,4,6-8,13,21H,3,5H2,1H3. The van der Waals surface area contributed by atoms with E-state index < -0.39 is 29.2 Å². The van der Waals surface area contributed by atoms with E-state index in [2.05, 4.69) is 5.10 Å². The third-order valence-electron chi connectivity index (χ3n) is 3.27. The van der Waals surface area contributed by atoms with Crippen molar-refractivity contribution in [2.24, 2.45) is 7.05 Å². The lowest BCUT2D eigenvalue weighted by atomic mass is 9.98. The summed E-state index contributed by atoms with van der Waals surface area (Å²) in [6.07, 6.45) is -4.08. The molecule has 1 unspecified atom stereocenters. The number of aryl methyl sites for hydroxylation is 2. The van der Waals surface area contributed by atoms with Gasteiger partial charge in [0.25, 0.3) is 0 Å². The number of hydrogen-bond acceptors (Lipinski definition) is 2. The molecule has 1 heterocycles. The molecule has 21 heavy (non-hydrogen) atoms. The van der Waals surface area contributed by atoms with Crippen LogP contribution in [0.5, 0.6) is 0 Å². The van der Waals surface area contributed by atoms with Crippen molar-refractivity contribution in [2.45, 2.75) is 25.1 Å². The largest absolute Gasteiger partial charge is 0.416 e. The zero-order valence-electron chi connectivity index (χ0n) is 11.2. The van der Waals surface area contributed by atoms with Gasteiger partial charge in [-0.3, -0.25) is 4.68 Å². The monoisotopic (exact) mass is 302 g/mol. The van der Waals surface area contributed by atoms with E-state index in [1.807, 2.05) is 0 Å². The van der Waals surface area contributed by atoms with Crippen LogP contribution in [0.2, 0.25) is 0 Å². The second-order valence-corrected chi connectivity index (χ2v) is 4.73. The maximum Gasteiger partial charge on any atom is 0.416 e. The van der Waals surface area contributed by atoms with Crippen LogP contribution in [0.3, 0.4) is 0 Å². The maximum absolute atomic E-state index is 13.2. The Hall–Kier alpha value is -1.89. The van der Waals surface area contributed by atoms with Crippen LogP contribution in [0.1, 0.15) is 29.3 Å². The molecular formula is C14H14F4N2O. The molecule has 7 heteroatoms. The van der Waals surface area contributed by atoms with E-state index in [-0.39, 0.29) is 6.42 Å². The molecule has 0 radical (unpaired) electrons. The van der Waals surface area contributed by atoms with Crippen LogP contribution in [0.4, 0.5) is 17.6 Å². The molecule has 1 N–H and O–H groups in total. The van der Waals surface area contributed by atoms with E-state index >= 15 is 0 Å². The lowest BCUT2D eigenvalue weighted by Crippen LogP contribution is -2.13. The van der Waals surface area contributed by atoms with Gasteiger partial charge in [0.2, 0.25) is 0 Å². The van der Waals surface area contributed by atoms with E-state index in [1.54, 1.807) is 24.0 Å². The molecule has 3 nitrogen and oxygen atoms in total. The van der Waals surface area contributed by atoms with Crippen LogP contribution in [0.15, 0.2) is 30.5 Å². The fourth-order valence-corrected chi connectivity index (χ4v) is 2.15. The molecule has 0 saturated heterocycles. The lowest BCUT2D eigenvalue weighted by Gasteiger charge is -2.17. The van der Waals surface area contributed by atoms with Gasteiger partial charge in [0.15, 0.2) is 0 Å². The van der Waals surface area contributed by atoms with Crippen LogP contribution in [0.25, 0.3) is 0 Å². The Morgan fingerprint density at radius 1 is 1.29 bits per heavy atom. The minimum atomic E-state index is -4.63. The summed E-state index contributed by atoms with van der Waals surface area (Å²) in [4.78, 5) is 0. The zero-order chi connectivity index (χ0) is 15.6. The fourth-order valence-electron chi connectivity index (χ4n) is 2.15. The molecule has 2 aromatic rings. The summed E-state index contributed by atoms with van der Waals surface area (Å²) in [5.41, 5.74) is -0.676. The Morgan fingerprint density at radius 2 is 2.00 bits per heavy atom. The molecule has 0 bridgehead atoms. The maximum atomic E-state index is 13.2.